The quantitative estimate of drug-likeness (QED) is 0.892. The third-order valence-corrected chi connectivity index (χ3v) is 4.04. The molecule has 1 aromatic carbocycles. The summed E-state index contributed by atoms with van der Waals surface area (Å²) in [5.74, 6) is -3.43. The fourth-order valence-corrected chi connectivity index (χ4v) is 2.35. The number of nitrogens with zero attached hydrogens (tertiary/aromatic N) is 1. The SMILES string of the molecule is NCc1cn[nH]c1-c1ccc(S(=O)(=O)C(F)F)cc1. The summed E-state index contributed by atoms with van der Waals surface area (Å²) in [5.41, 5.74) is 7.54. The average Bonchev–Trinajstić information content (AvgIpc) is 2.87. The largest absolute Gasteiger partial charge is 0.341 e. The number of nitrogens with one attached hydrogen (secondary N) is 1. The van der Waals surface area contributed by atoms with Gasteiger partial charge in [-0.25, -0.2) is 8.42 Å². The number of hydrogen-bond acceptors (Lipinski definition) is 4. The Bertz CT molecular complexity index is 666. The number of H-pyrrole nitrogens is 1. The minimum absolute atomic E-state index is 0.267. The van der Waals surface area contributed by atoms with E-state index in [0.717, 1.165) is 17.7 Å². The number of halogens is 2. The van der Waals surface area contributed by atoms with Gasteiger partial charge in [0.15, 0.2) is 0 Å². The van der Waals surface area contributed by atoms with E-state index in [0.29, 0.717) is 11.3 Å². The van der Waals surface area contributed by atoms with Gasteiger partial charge in [0.25, 0.3) is 0 Å². The van der Waals surface area contributed by atoms with E-state index < -0.39 is 20.5 Å². The van der Waals surface area contributed by atoms with Gasteiger partial charge in [-0.3, -0.25) is 5.10 Å². The lowest BCUT2D eigenvalue weighted by atomic mass is 10.1. The van der Waals surface area contributed by atoms with Gasteiger partial charge in [0.1, 0.15) is 0 Å². The lowest BCUT2D eigenvalue weighted by Crippen LogP contribution is -2.11. The van der Waals surface area contributed by atoms with Crippen LogP contribution in [0.3, 0.4) is 0 Å². The standard InChI is InChI=1S/C11H11F2N3O2S/c12-11(13)19(17,18)9-3-1-7(2-4-9)10-8(5-14)6-15-16-10/h1-4,6,11H,5,14H2,(H,15,16). The number of benzene rings is 1. The van der Waals surface area contributed by atoms with Crippen LogP contribution in [0.1, 0.15) is 5.56 Å². The van der Waals surface area contributed by atoms with Crippen LogP contribution in [-0.4, -0.2) is 24.4 Å². The average molecular weight is 287 g/mol. The Hall–Kier alpha value is -1.80. The Morgan fingerprint density at radius 1 is 1.26 bits per heavy atom. The second-order valence-electron chi connectivity index (χ2n) is 3.80. The van der Waals surface area contributed by atoms with Crippen LogP contribution in [-0.2, 0) is 16.4 Å². The molecule has 3 N–H and O–H groups in total. The van der Waals surface area contributed by atoms with Crippen molar-refractivity contribution in [3.05, 3.63) is 36.0 Å². The van der Waals surface area contributed by atoms with E-state index >= 15 is 0 Å². The highest BCUT2D eigenvalue weighted by atomic mass is 32.2. The maximum atomic E-state index is 12.4. The maximum absolute atomic E-state index is 12.4. The minimum atomic E-state index is -4.56. The van der Waals surface area contributed by atoms with Crippen molar-refractivity contribution in [1.29, 1.82) is 0 Å². The first kappa shape index (κ1) is 13.6. The predicted molar refractivity (Wildman–Crippen MR) is 65.1 cm³/mol. The van der Waals surface area contributed by atoms with E-state index in [9.17, 15) is 17.2 Å². The topological polar surface area (TPSA) is 88.8 Å². The van der Waals surface area contributed by atoms with Crippen molar-refractivity contribution >= 4 is 9.84 Å². The zero-order valence-corrected chi connectivity index (χ0v) is 10.5. The van der Waals surface area contributed by atoms with Gasteiger partial charge in [-0.2, -0.15) is 13.9 Å². The van der Waals surface area contributed by atoms with Crippen LogP contribution in [0, 0.1) is 0 Å². The number of aromatic amines is 1. The predicted octanol–water partition coefficient (Wildman–Crippen LogP) is 1.53. The second kappa shape index (κ2) is 5.06. The Balaban J connectivity index is 2.40. The molecule has 102 valence electrons. The first-order valence-corrected chi connectivity index (χ1v) is 6.86. The maximum Gasteiger partial charge on any atom is 0.341 e. The Morgan fingerprint density at radius 3 is 2.42 bits per heavy atom. The van der Waals surface area contributed by atoms with Gasteiger partial charge >= 0.3 is 5.76 Å². The molecule has 5 nitrogen and oxygen atoms in total. The van der Waals surface area contributed by atoms with Crippen molar-refractivity contribution in [2.45, 2.75) is 17.2 Å². The van der Waals surface area contributed by atoms with E-state index in [-0.39, 0.29) is 6.54 Å². The van der Waals surface area contributed by atoms with Crippen LogP contribution < -0.4 is 5.73 Å². The number of hydrogen-bond donors (Lipinski definition) is 2. The first-order chi connectivity index (χ1) is 8.96. The molecule has 1 heterocycles. The van der Waals surface area contributed by atoms with Crippen LogP contribution in [0.2, 0.25) is 0 Å². The Labute approximate surface area is 108 Å². The minimum Gasteiger partial charge on any atom is -0.326 e. The van der Waals surface area contributed by atoms with Crippen molar-refractivity contribution in [2.24, 2.45) is 5.73 Å². The highest BCUT2D eigenvalue weighted by Gasteiger charge is 2.26. The number of alkyl halides is 2. The van der Waals surface area contributed by atoms with Gasteiger partial charge in [-0.05, 0) is 17.7 Å². The van der Waals surface area contributed by atoms with Crippen LogP contribution in [0.15, 0.2) is 35.4 Å². The first-order valence-electron chi connectivity index (χ1n) is 5.31. The molecule has 0 spiro atoms. The second-order valence-corrected chi connectivity index (χ2v) is 5.72. The molecule has 19 heavy (non-hydrogen) atoms. The van der Waals surface area contributed by atoms with Gasteiger partial charge in [0.2, 0.25) is 9.84 Å². The summed E-state index contributed by atoms with van der Waals surface area (Å²) in [4.78, 5) is -0.417. The fourth-order valence-electron chi connectivity index (χ4n) is 1.63. The molecule has 8 heteroatoms. The Kier molecular flexibility index (Phi) is 3.63. The zero-order valence-electron chi connectivity index (χ0n) is 9.68. The molecule has 0 bridgehead atoms. The highest BCUT2D eigenvalue weighted by Crippen LogP contribution is 2.24. The molecule has 0 radical (unpaired) electrons. The van der Waals surface area contributed by atoms with Gasteiger partial charge in [-0.15, -0.1) is 0 Å². The van der Waals surface area contributed by atoms with Crippen molar-refractivity contribution in [3.8, 4) is 11.3 Å². The molecule has 2 rings (SSSR count). The third-order valence-electron chi connectivity index (χ3n) is 2.64. The van der Waals surface area contributed by atoms with Gasteiger partial charge in [0, 0.05) is 12.1 Å². The van der Waals surface area contributed by atoms with Gasteiger partial charge < -0.3 is 5.73 Å². The normalized spacial score (nSPS) is 12.0. The summed E-state index contributed by atoms with van der Waals surface area (Å²) in [6, 6.07) is 5.14. The number of aromatic nitrogens is 2. The van der Waals surface area contributed by atoms with Crippen LogP contribution >= 0.6 is 0 Å². The number of nitrogens with two attached hydrogens (primary N) is 1. The Morgan fingerprint density at radius 2 is 1.89 bits per heavy atom. The lowest BCUT2D eigenvalue weighted by Gasteiger charge is -2.05. The van der Waals surface area contributed by atoms with E-state index in [1.54, 1.807) is 6.20 Å². The molecule has 0 aliphatic heterocycles. The molecule has 0 aliphatic carbocycles. The summed E-state index contributed by atoms with van der Waals surface area (Å²) in [6.07, 6.45) is 1.55. The number of sulfone groups is 1. The van der Waals surface area contributed by atoms with Gasteiger partial charge in [0.05, 0.1) is 16.8 Å². The van der Waals surface area contributed by atoms with E-state index in [4.69, 9.17) is 5.73 Å². The molecule has 0 unspecified atom stereocenters. The van der Waals surface area contributed by atoms with E-state index in [2.05, 4.69) is 10.2 Å². The molecule has 0 saturated carbocycles. The molecular formula is C11H11F2N3O2S. The molecular weight excluding hydrogens is 276 g/mol. The molecule has 1 aromatic heterocycles. The summed E-state index contributed by atoms with van der Waals surface area (Å²) < 4.78 is 47.3. The fraction of sp³-hybridized carbons (Fsp3) is 0.182. The molecule has 0 fully saturated rings. The van der Waals surface area contributed by atoms with Crippen molar-refractivity contribution in [1.82, 2.24) is 10.2 Å². The summed E-state index contributed by atoms with van der Waals surface area (Å²) in [6.45, 7) is 0.267. The highest BCUT2D eigenvalue weighted by molar-refractivity contribution is 7.91. The van der Waals surface area contributed by atoms with Crippen LogP contribution in [0.5, 0.6) is 0 Å². The summed E-state index contributed by atoms with van der Waals surface area (Å²) in [7, 11) is -4.56. The molecule has 0 atom stereocenters. The van der Waals surface area contributed by atoms with Crippen molar-refractivity contribution < 1.29 is 17.2 Å². The van der Waals surface area contributed by atoms with E-state index in [1.807, 2.05) is 0 Å². The van der Waals surface area contributed by atoms with Crippen molar-refractivity contribution in [2.75, 3.05) is 0 Å². The summed E-state index contributed by atoms with van der Waals surface area (Å²) >= 11 is 0. The monoisotopic (exact) mass is 287 g/mol. The molecule has 2 aromatic rings. The smallest absolute Gasteiger partial charge is 0.326 e. The zero-order chi connectivity index (χ0) is 14.0. The third kappa shape index (κ3) is 2.49. The summed E-state index contributed by atoms with van der Waals surface area (Å²) in [5, 5.41) is 6.55. The molecule has 0 saturated heterocycles. The van der Waals surface area contributed by atoms with Crippen molar-refractivity contribution in [3.63, 3.8) is 0 Å². The van der Waals surface area contributed by atoms with E-state index in [1.165, 1.54) is 12.1 Å². The van der Waals surface area contributed by atoms with Crippen LogP contribution in [0.25, 0.3) is 11.3 Å². The van der Waals surface area contributed by atoms with Crippen LogP contribution in [0.4, 0.5) is 8.78 Å². The molecule has 0 aliphatic rings. The lowest BCUT2D eigenvalue weighted by molar-refractivity contribution is 0.234. The number of rotatable bonds is 4. The molecule has 0 amide bonds. The van der Waals surface area contributed by atoms with Gasteiger partial charge in [-0.1, -0.05) is 12.1 Å².